The number of carbonyl (C=O) groups excluding carboxylic acids is 1. The summed E-state index contributed by atoms with van der Waals surface area (Å²) in [7, 11) is 0. The van der Waals surface area contributed by atoms with Crippen LogP contribution in [0.2, 0.25) is 0 Å². The van der Waals surface area contributed by atoms with Crippen molar-refractivity contribution in [2.45, 2.75) is 33.3 Å². The Morgan fingerprint density at radius 2 is 1.79 bits per heavy atom. The number of hydrogen-bond acceptors (Lipinski definition) is 3. The Kier molecular flexibility index (Phi) is 7.48. The summed E-state index contributed by atoms with van der Waals surface area (Å²) in [5.74, 6) is 0.919. The summed E-state index contributed by atoms with van der Waals surface area (Å²) in [5, 5.41) is 0. The monoisotopic (exact) mass is 392 g/mol. The van der Waals surface area contributed by atoms with E-state index in [4.69, 9.17) is 4.74 Å². The van der Waals surface area contributed by atoms with Gasteiger partial charge in [-0.05, 0) is 43.0 Å². The van der Waals surface area contributed by atoms with Gasteiger partial charge in [0.05, 0.1) is 0 Å². The van der Waals surface area contributed by atoms with Gasteiger partial charge in [-0.3, -0.25) is 9.69 Å². The van der Waals surface area contributed by atoms with E-state index in [0.29, 0.717) is 6.42 Å². The molecule has 0 N–H and O–H groups in total. The predicted octanol–water partition coefficient (Wildman–Crippen LogP) is 4.32. The molecule has 2 aromatic carbocycles. The summed E-state index contributed by atoms with van der Waals surface area (Å²) < 4.78 is 6.12. The quantitative estimate of drug-likeness (QED) is 0.704. The third-order valence-corrected chi connectivity index (χ3v) is 5.42. The largest absolute Gasteiger partial charge is 0.480 e. The van der Waals surface area contributed by atoms with Gasteiger partial charge < -0.3 is 9.64 Å². The summed E-state index contributed by atoms with van der Waals surface area (Å²) in [6.45, 7) is 10.3. The van der Waals surface area contributed by atoms with E-state index in [1.54, 1.807) is 0 Å². The number of carbonyl (C=O) groups is 1. The van der Waals surface area contributed by atoms with Crippen LogP contribution < -0.4 is 4.74 Å². The van der Waals surface area contributed by atoms with Crippen molar-refractivity contribution in [2.75, 3.05) is 32.7 Å². The summed E-state index contributed by atoms with van der Waals surface area (Å²) in [6, 6.07) is 16.5. The molecule has 0 spiro atoms. The second-order valence-corrected chi connectivity index (χ2v) is 7.72. The van der Waals surface area contributed by atoms with E-state index in [-0.39, 0.29) is 5.91 Å². The standard InChI is InChI=1S/C25H32N2O2/c1-4-23(29-24-19-20(2)12-13-21(24)3)25(28)27-17-15-26(16-18-27)14-8-11-22-9-6-5-7-10-22/h5-13,19,23H,4,14-18H2,1-3H3/b11-8+. The van der Waals surface area contributed by atoms with Crippen LogP contribution in [0.4, 0.5) is 0 Å². The first kappa shape index (κ1) is 21.1. The van der Waals surface area contributed by atoms with E-state index in [0.717, 1.165) is 49.6 Å². The summed E-state index contributed by atoms with van der Waals surface area (Å²) in [5.41, 5.74) is 3.43. The number of piperazine rings is 1. The number of ether oxygens (including phenoxy) is 1. The highest BCUT2D eigenvalue weighted by Crippen LogP contribution is 2.22. The molecular weight excluding hydrogens is 360 g/mol. The lowest BCUT2D eigenvalue weighted by molar-refractivity contribution is -0.140. The average molecular weight is 393 g/mol. The Labute approximate surface area is 174 Å². The van der Waals surface area contributed by atoms with Gasteiger partial charge in [0.15, 0.2) is 6.10 Å². The molecule has 0 saturated carbocycles. The molecule has 1 unspecified atom stereocenters. The lowest BCUT2D eigenvalue weighted by Crippen LogP contribution is -2.52. The smallest absolute Gasteiger partial charge is 0.263 e. The normalized spacial score (nSPS) is 16.2. The molecule has 0 bridgehead atoms. The highest BCUT2D eigenvalue weighted by atomic mass is 16.5. The van der Waals surface area contributed by atoms with Crippen LogP contribution in [0.15, 0.2) is 54.6 Å². The van der Waals surface area contributed by atoms with E-state index in [1.807, 2.05) is 43.9 Å². The van der Waals surface area contributed by atoms with Gasteiger partial charge in [0, 0.05) is 32.7 Å². The van der Waals surface area contributed by atoms with Crippen LogP contribution in [-0.4, -0.2) is 54.5 Å². The van der Waals surface area contributed by atoms with Crippen molar-refractivity contribution < 1.29 is 9.53 Å². The summed E-state index contributed by atoms with van der Waals surface area (Å²) in [6.07, 6.45) is 4.61. The first-order valence-electron chi connectivity index (χ1n) is 10.5. The van der Waals surface area contributed by atoms with Crippen molar-refractivity contribution in [2.24, 2.45) is 0 Å². The van der Waals surface area contributed by atoms with Gasteiger partial charge in [-0.2, -0.15) is 0 Å². The first-order valence-corrected chi connectivity index (χ1v) is 10.5. The Morgan fingerprint density at radius 3 is 2.48 bits per heavy atom. The van der Waals surface area contributed by atoms with Crippen LogP contribution >= 0.6 is 0 Å². The molecule has 2 aromatic rings. The van der Waals surface area contributed by atoms with Crippen molar-refractivity contribution in [3.05, 3.63) is 71.3 Å². The molecule has 0 aliphatic carbocycles. The zero-order chi connectivity index (χ0) is 20.6. The van der Waals surface area contributed by atoms with Crippen LogP contribution in [-0.2, 0) is 4.79 Å². The molecule has 1 aliphatic heterocycles. The second kappa shape index (κ2) is 10.3. The third-order valence-electron chi connectivity index (χ3n) is 5.42. The van der Waals surface area contributed by atoms with Crippen molar-refractivity contribution in [1.29, 1.82) is 0 Å². The molecule has 1 saturated heterocycles. The molecule has 1 atom stereocenters. The molecule has 0 radical (unpaired) electrons. The van der Waals surface area contributed by atoms with E-state index in [1.165, 1.54) is 5.56 Å². The van der Waals surface area contributed by atoms with Crippen LogP contribution in [0.1, 0.15) is 30.0 Å². The fraction of sp³-hybridized carbons (Fsp3) is 0.400. The van der Waals surface area contributed by atoms with Crippen LogP contribution in [0, 0.1) is 13.8 Å². The molecule has 4 nitrogen and oxygen atoms in total. The number of rotatable bonds is 7. The molecule has 3 rings (SSSR count). The van der Waals surface area contributed by atoms with E-state index < -0.39 is 6.10 Å². The molecule has 4 heteroatoms. The molecular formula is C25H32N2O2. The first-order chi connectivity index (χ1) is 14.1. The number of hydrogen-bond donors (Lipinski definition) is 0. The minimum Gasteiger partial charge on any atom is -0.480 e. The maximum Gasteiger partial charge on any atom is 0.263 e. The molecule has 1 fully saturated rings. The SMILES string of the molecule is CCC(Oc1cc(C)ccc1C)C(=O)N1CCN(C/C=C/c2ccccc2)CC1. The van der Waals surface area contributed by atoms with E-state index in [2.05, 4.69) is 47.4 Å². The van der Waals surface area contributed by atoms with Crippen LogP contribution in [0.5, 0.6) is 5.75 Å². The Balaban J connectivity index is 1.50. The lowest BCUT2D eigenvalue weighted by Gasteiger charge is -2.36. The average Bonchev–Trinajstić information content (AvgIpc) is 2.75. The summed E-state index contributed by atoms with van der Waals surface area (Å²) >= 11 is 0. The molecule has 154 valence electrons. The highest BCUT2D eigenvalue weighted by molar-refractivity contribution is 5.81. The Hall–Kier alpha value is -2.59. The van der Waals surface area contributed by atoms with Gasteiger partial charge in [0.2, 0.25) is 0 Å². The van der Waals surface area contributed by atoms with Crippen LogP contribution in [0.3, 0.4) is 0 Å². The van der Waals surface area contributed by atoms with Gasteiger partial charge >= 0.3 is 0 Å². The zero-order valence-electron chi connectivity index (χ0n) is 17.8. The predicted molar refractivity (Wildman–Crippen MR) is 119 cm³/mol. The van der Waals surface area contributed by atoms with Crippen molar-refractivity contribution in [3.63, 3.8) is 0 Å². The summed E-state index contributed by atoms with van der Waals surface area (Å²) in [4.78, 5) is 17.3. The zero-order valence-corrected chi connectivity index (χ0v) is 17.8. The number of aryl methyl sites for hydroxylation is 2. The minimum atomic E-state index is -0.417. The van der Waals surface area contributed by atoms with E-state index >= 15 is 0 Å². The molecule has 1 amide bonds. The molecule has 1 aliphatic rings. The van der Waals surface area contributed by atoms with Gasteiger partial charge in [0.1, 0.15) is 5.75 Å². The Bertz CT molecular complexity index is 824. The van der Waals surface area contributed by atoms with Gasteiger partial charge in [-0.15, -0.1) is 0 Å². The molecule has 1 heterocycles. The van der Waals surface area contributed by atoms with Gasteiger partial charge in [0.25, 0.3) is 5.91 Å². The number of benzene rings is 2. The molecule has 0 aromatic heterocycles. The third kappa shape index (κ3) is 5.94. The maximum atomic E-state index is 13.0. The Morgan fingerprint density at radius 1 is 1.07 bits per heavy atom. The van der Waals surface area contributed by atoms with Crippen molar-refractivity contribution in [1.82, 2.24) is 9.80 Å². The molecule has 29 heavy (non-hydrogen) atoms. The van der Waals surface area contributed by atoms with Crippen LogP contribution in [0.25, 0.3) is 6.08 Å². The minimum absolute atomic E-state index is 0.105. The van der Waals surface area contributed by atoms with Gasteiger partial charge in [-0.1, -0.05) is 61.5 Å². The lowest BCUT2D eigenvalue weighted by atomic mass is 10.1. The highest BCUT2D eigenvalue weighted by Gasteiger charge is 2.27. The van der Waals surface area contributed by atoms with Crippen molar-refractivity contribution in [3.8, 4) is 5.75 Å². The van der Waals surface area contributed by atoms with Gasteiger partial charge in [-0.25, -0.2) is 0 Å². The number of amides is 1. The van der Waals surface area contributed by atoms with E-state index in [9.17, 15) is 4.79 Å². The fourth-order valence-electron chi connectivity index (χ4n) is 3.55. The topological polar surface area (TPSA) is 32.8 Å². The maximum absolute atomic E-state index is 13.0. The fourth-order valence-corrected chi connectivity index (χ4v) is 3.55. The number of nitrogens with zero attached hydrogens (tertiary/aromatic N) is 2. The second-order valence-electron chi connectivity index (χ2n) is 7.72. The van der Waals surface area contributed by atoms with Crippen molar-refractivity contribution >= 4 is 12.0 Å².